The Hall–Kier alpha value is -1.40. The number of hydrogen-bond donors (Lipinski definition) is 2. The van der Waals surface area contributed by atoms with E-state index in [-0.39, 0.29) is 17.7 Å². The number of carbonyl (C=O) groups excluding carboxylic acids is 1. The molecule has 88 valence electrons. The summed E-state index contributed by atoms with van der Waals surface area (Å²) >= 11 is 0. The lowest BCUT2D eigenvalue weighted by molar-refractivity contribution is 0.0980. The molecule has 0 aliphatic heterocycles. The van der Waals surface area contributed by atoms with Gasteiger partial charge in [0, 0.05) is 0 Å². The van der Waals surface area contributed by atoms with Crippen molar-refractivity contribution in [2.75, 3.05) is 0 Å². The second kappa shape index (κ2) is 4.63. The number of carbonyl (C=O) groups is 1. The number of rotatable bonds is 4. The molecule has 0 bridgehead atoms. The van der Waals surface area contributed by atoms with Crippen LogP contribution in [0.2, 0.25) is 0 Å². The summed E-state index contributed by atoms with van der Waals surface area (Å²) in [6.45, 7) is 1.47. The second-order valence-electron chi connectivity index (χ2n) is 3.29. The van der Waals surface area contributed by atoms with Gasteiger partial charge < -0.3 is 5.11 Å². The molecule has 0 saturated carbocycles. The SMILES string of the molecule is CCC(C(=O)c1ccccc1O)S(=O)(=O)O. The van der Waals surface area contributed by atoms with E-state index in [1.54, 1.807) is 0 Å². The van der Waals surface area contributed by atoms with Gasteiger partial charge in [0.1, 0.15) is 11.0 Å². The molecule has 0 aliphatic carbocycles. The van der Waals surface area contributed by atoms with E-state index in [2.05, 4.69) is 0 Å². The maximum absolute atomic E-state index is 11.7. The zero-order chi connectivity index (χ0) is 12.3. The third-order valence-corrected chi connectivity index (χ3v) is 3.46. The quantitative estimate of drug-likeness (QED) is 0.614. The summed E-state index contributed by atoms with van der Waals surface area (Å²) in [5.74, 6) is -1.10. The number of phenols is 1. The molecule has 16 heavy (non-hydrogen) atoms. The average Bonchev–Trinajstić information content (AvgIpc) is 2.17. The van der Waals surface area contributed by atoms with Crippen molar-refractivity contribution in [3.05, 3.63) is 29.8 Å². The predicted molar refractivity (Wildman–Crippen MR) is 58.1 cm³/mol. The molecule has 1 unspecified atom stereocenters. The van der Waals surface area contributed by atoms with Crippen LogP contribution in [0.15, 0.2) is 24.3 Å². The van der Waals surface area contributed by atoms with Crippen LogP contribution in [0.4, 0.5) is 0 Å². The molecule has 0 fully saturated rings. The van der Waals surface area contributed by atoms with Gasteiger partial charge in [0.25, 0.3) is 10.1 Å². The third kappa shape index (κ3) is 2.59. The number of Topliss-reactive ketones (excluding diaryl/α,β-unsaturated/α-hetero) is 1. The minimum absolute atomic E-state index is 0.0496. The van der Waals surface area contributed by atoms with Gasteiger partial charge in [-0.2, -0.15) is 8.42 Å². The average molecular weight is 244 g/mol. The first-order valence-electron chi connectivity index (χ1n) is 4.66. The predicted octanol–water partition coefficient (Wildman–Crippen LogP) is 1.24. The molecule has 1 atom stereocenters. The normalized spacial score (nSPS) is 13.4. The van der Waals surface area contributed by atoms with E-state index in [4.69, 9.17) is 4.55 Å². The fourth-order valence-corrected chi connectivity index (χ4v) is 2.21. The molecule has 0 aliphatic rings. The molecule has 0 saturated heterocycles. The number of ketones is 1. The molecule has 2 N–H and O–H groups in total. The Bertz CT molecular complexity index is 492. The standard InChI is InChI=1S/C10H12O5S/c1-2-9(16(13,14)15)10(12)7-5-3-4-6-8(7)11/h3-6,9,11H,2H2,1H3,(H,13,14,15). The summed E-state index contributed by atoms with van der Waals surface area (Å²) in [6.07, 6.45) is -0.0496. The Morgan fingerprint density at radius 3 is 2.38 bits per heavy atom. The lowest BCUT2D eigenvalue weighted by Gasteiger charge is -2.11. The molecule has 0 amide bonds. The van der Waals surface area contributed by atoms with Gasteiger partial charge >= 0.3 is 0 Å². The Kier molecular flexibility index (Phi) is 3.66. The van der Waals surface area contributed by atoms with Crippen LogP contribution in [0.3, 0.4) is 0 Å². The van der Waals surface area contributed by atoms with Crippen molar-refractivity contribution < 1.29 is 22.9 Å². The summed E-state index contributed by atoms with van der Waals surface area (Å²) in [5.41, 5.74) is -0.105. The Balaban J connectivity index is 3.16. The number of phenolic OH excluding ortho intramolecular Hbond substituents is 1. The van der Waals surface area contributed by atoms with Crippen LogP contribution in [-0.4, -0.2) is 29.1 Å². The topological polar surface area (TPSA) is 91.7 Å². The summed E-state index contributed by atoms with van der Waals surface area (Å²) in [5, 5.41) is 7.87. The smallest absolute Gasteiger partial charge is 0.275 e. The van der Waals surface area contributed by atoms with Crippen molar-refractivity contribution in [2.24, 2.45) is 0 Å². The highest BCUT2D eigenvalue weighted by atomic mass is 32.2. The highest BCUT2D eigenvalue weighted by molar-refractivity contribution is 7.87. The zero-order valence-electron chi connectivity index (χ0n) is 8.62. The minimum atomic E-state index is -4.44. The second-order valence-corrected chi connectivity index (χ2v) is 4.89. The monoisotopic (exact) mass is 244 g/mol. The Morgan fingerprint density at radius 1 is 1.38 bits per heavy atom. The first-order valence-corrected chi connectivity index (χ1v) is 6.16. The summed E-state index contributed by atoms with van der Waals surface area (Å²) in [4.78, 5) is 11.7. The maximum Gasteiger partial charge on any atom is 0.275 e. The van der Waals surface area contributed by atoms with Crippen LogP contribution in [-0.2, 0) is 10.1 Å². The molecule has 1 aromatic carbocycles. The summed E-state index contributed by atoms with van der Waals surface area (Å²) in [6, 6.07) is 5.61. The van der Waals surface area contributed by atoms with Crippen molar-refractivity contribution in [2.45, 2.75) is 18.6 Å². The highest BCUT2D eigenvalue weighted by Gasteiger charge is 2.31. The third-order valence-electron chi connectivity index (χ3n) is 2.19. The molecule has 5 nitrogen and oxygen atoms in total. The van der Waals surface area contributed by atoms with Crippen LogP contribution in [0.25, 0.3) is 0 Å². The molecule has 0 spiro atoms. The number of benzene rings is 1. The lowest BCUT2D eigenvalue weighted by atomic mass is 10.1. The van der Waals surface area contributed by atoms with Crippen molar-refractivity contribution in [1.29, 1.82) is 0 Å². The Labute approximate surface area is 93.5 Å². The van der Waals surface area contributed by atoms with E-state index >= 15 is 0 Å². The number of aromatic hydroxyl groups is 1. The lowest BCUT2D eigenvalue weighted by Crippen LogP contribution is -2.29. The summed E-state index contributed by atoms with van der Waals surface area (Å²) < 4.78 is 30.8. The summed E-state index contributed by atoms with van der Waals surface area (Å²) in [7, 11) is -4.44. The van der Waals surface area contributed by atoms with Gasteiger partial charge in [-0.3, -0.25) is 9.35 Å². The van der Waals surface area contributed by atoms with Gasteiger partial charge in [0.05, 0.1) is 5.56 Å². The molecule has 1 rings (SSSR count). The fraction of sp³-hybridized carbons (Fsp3) is 0.300. The molecule has 0 aromatic heterocycles. The van der Waals surface area contributed by atoms with Crippen molar-refractivity contribution in [3.8, 4) is 5.75 Å². The minimum Gasteiger partial charge on any atom is -0.507 e. The van der Waals surface area contributed by atoms with E-state index in [0.29, 0.717) is 0 Å². The maximum atomic E-state index is 11.7. The van der Waals surface area contributed by atoms with Crippen molar-refractivity contribution >= 4 is 15.9 Å². The molecule has 0 heterocycles. The molecular weight excluding hydrogens is 232 g/mol. The van der Waals surface area contributed by atoms with E-state index in [0.717, 1.165) is 0 Å². The molecule has 0 radical (unpaired) electrons. The van der Waals surface area contributed by atoms with Crippen molar-refractivity contribution in [1.82, 2.24) is 0 Å². The zero-order valence-corrected chi connectivity index (χ0v) is 9.44. The van der Waals surface area contributed by atoms with E-state index in [1.165, 1.54) is 31.2 Å². The van der Waals surface area contributed by atoms with E-state index in [1.807, 2.05) is 0 Å². The molecule has 1 aromatic rings. The van der Waals surface area contributed by atoms with Crippen LogP contribution >= 0.6 is 0 Å². The van der Waals surface area contributed by atoms with Crippen LogP contribution in [0.1, 0.15) is 23.7 Å². The first-order chi connectivity index (χ1) is 7.38. The number of para-hydroxylation sites is 1. The van der Waals surface area contributed by atoms with Crippen LogP contribution < -0.4 is 0 Å². The van der Waals surface area contributed by atoms with Gasteiger partial charge in [-0.05, 0) is 18.6 Å². The largest absolute Gasteiger partial charge is 0.507 e. The van der Waals surface area contributed by atoms with Gasteiger partial charge in [-0.1, -0.05) is 19.1 Å². The first kappa shape index (κ1) is 12.7. The van der Waals surface area contributed by atoms with Gasteiger partial charge in [-0.15, -0.1) is 0 Å². The van der Waals surface area contributed by atoms with Gasteiger partial charge in [-0.25, -0.2) is 0 Å². The Morgan fingerprint density at radius 2 is 1.94 bits per heavy atom. The van der Waals surface area contributed by atoms with E-state index in [9.17, 15) is 18.3 Å². The van der Waals surface area contributed by atoms with Crippen LogP contribution in [0.5, 0.6) is 5.75 Å². The van der Waals surface area contributed by atoms with Crippen LogP contribution in [0, 0.1) is 0 Å². The van der Waals surface area contributed by atoms with E-state index < -0.39 is 21.2 Å². The van der Waals surface area contributed by atoms with Gasteiger partial charge in [0.2, 0.25) is 0 Å². The molecular formula is C10H12O5S. The number of hydrogen-bond acceptors (Lipinski definition) is 4. The van der Waals surface area contributed by atoms with Gasteiger partial charge in [0.15, 0.2) is 5.78 Å². The molecule has 6 heteroatoms. The highest BCUT2D eigenvalue weighted by Crippen LogP contribution is 2.20. The van der Waals surface area contributed by atoms with Crippen molar-refractivity contribution in [3.63, 3.8) is 0 Å². The fourth-order valence-electron chi connectivity index (χ4n) is 1.39.